The molecule has 0 bridgehead atoms. The van der Waals surface area contributed by atoms with E-state index in [-0.39, 0.29) is 17.0 Å². The van der Waals surface area contributed by atoms with Crippen LogP contribution in [-0.2, 0) is 0 Å². The van der Waals surface area contributed by atoms with Gasteiger partial charge in [-0.05, 0) is 12.8 Å². The minimum atomic E-state index is 0. The minimum absolute atomic E-state index is 0. The van der Waals surface area contributed by atoms with E-state index in [2.05, 4.69) is 19.3 Å². The quantitative estimate of drug-likeness (QED) is 0.509. The van der Waals surface area contributed by atoms with Gasteiger partial charge in [-0.15, -0.1) is 0 Å². The summed E-state index contributed by atoms with van der Waals surface area (Å²) in [5.74, 6) is 0. The molecule has 11 heavy (non-hydrogen) atoms. The molecule has 0 atom stereocenters. The molecule has 0 aromatic carbocycles. The monoisotopic (exact) mass is 223 g/mol. The Morgan fingerprint density at radius 1 is 0.909 bits per heavy atom. The molecule has 1 nitrogen and oxygen atoms in total. The largest absolute Gasteiger partial charge is 1.00 e. The summed E-state index contributed by atoms with van der Waals surface area (Å²) >= 11 is 0. The number of hydrogen-bond acceptors (Lipinski definition) is 0. The summed E-state index contributed by atoms with van der Waals surface area (Å²) in [6.45, 7) is 3.58. The normalized spacial score (nSPS) is 9.27. The van der Waals surface area contributed by atoms with Crippen LogP contribution in [0, 0.1) is 0 Å². The first kappa shape index (κ1) is 14.0. The van der Waals surface area contributed by atoms with Crippen LogP contribution in [0.3, 0.4) is 0 Å². The predicted octanol–water partition coefficient (Wildman–Crippen LogP) is -1.46. The number of halogens is 1. The van der Waals surface area contributed by atoms with Crippen molar-refractivity contribution < 1.29 is 22.3 Å². The van der Waals surface area contributed by atoms with Crippen molar-refractivity contribution in [2.45, 2.75) is 45.4 Å². The number of unbranched alkanes of at least 4 members (excludes halogenated alkanes) is 5. The topological polar surface area (TPSA) is 16.6 Å². The molecule has 0 unspecified atom stereocenters. The summed E-state index contributed by atoms with van der Waals surface area (Å²) in [4.78, 5) is 0. The van der Waals surface area contributed by atoms with E-state index in [0.29, 0.717) is 0 Å². The summed E-state index contributed by atoms with van der Waals surface area (Å²) < 4.78 is 0. The van der Waals surface area contributed by atoms with Crippen LogP contribution in [-0.4, -0.2) is 13.6 Å². The highest BCUT2D eigenvalue weighted by Crippen LogP contribution is 2.03. The zero-order valence-corrected chi connectivity index (χ0v) is 9.49. The van der Waals surface area contributed by atoms with E-state index in [1.54, 1.807) is 0 Å². The Kier molecular flexibility index (Phi) is 16.6. The second-order valence-electron chi connectivity index (χ2n) is 2.96. The van der Waals surface area contributed by atoms with Crippen LogP contribution < -0.4 is 22.3 Å². The van der Waals surface area contributed by atoms with Gasteiger partial charge in [0.2, 0.25) is 0 Å². The number of quaternary nitrogens is 1. The Labute approximate surface area is 81.7 Å². The molecule has 0 aliphatic heterocycles. The average Bonchev–Trinajstić information content (AvgIpc) is 1.97. The first-order chi connectivity index (χ1) is 4.91. The molecule has 0 saturated carbocycles. The van der Waals surface area contributed by atoms with Gasteiger partial charge < -0.3 is 22.3 Å². The molecule has 2 N–H and O–H groups in total. The smallest absolute Gasteiger partial charge is 0.0753 e. The van der Waals surface area contributed by atoms with E-state index in [1.165, 1.54) is 45.1 Å². The van der Waals surface area contributed by atoms with Crippen molar-refractivity contribution in [3.8, 4) is 0 Å². The highest BCUT2D eigenvalue weighted by molar-refractivity contribution is 4.41. The van der Waals surface area contributed by atoms with Gasteiger partial charge in [-0.25, -0.2) is 0 Å². The van der Waals surface area contributed by atoms with Crippen LogP contribution in [0.25, 0.3) is 0 Å². The molecular weight excluding hydrogens is 202 g/mol. The van der Waals surface area contributed by atoms with E-state index in [1.807, 2.05) is 0 Å². The van der Waals surface area contributed by atoms with Crippen LogP contribution in [0.5, 0.6) is 0 Å². The lowest BCUT2D eigenvalue weighted by molar-refractivity contribution is -0.627. The van der Waals surface area contributed by atoms with Crippen molar-refractivity contribution in [1.29, 1.82) is 0 Å². The summed E-state index contributed by atoms with van der Waals surface area (Å²) in [6, 6.07) is 0. The molecule has 0 aliphatic carbocycles. The first-order valence-corrected chi connectivity index (χ1v) is 4.69. The molecule has 0 spiro atoms. The molecule has 0 heterocycles. The molecule has 0 amide bonds. The standard InChI is InChI=1S/C9H21N.BrH/c1-3-4-5-6-7-8-9-10-2;/h10H,3-9H2,1-2H3;1H. The maximum atomic E-state index is 2.26. The van der Waals surface area contributed by atoms with Gasteiger partial charge >= 0.3 is 0 Å². The Balaban J connectivity index is 0. The molecule has 0 saturated heterocycles. The molecule has 0 aromatic rings. The van der Waals surface area contributed by atoms with E-state index >= 15 is 0 Å². The van der Waals surface area contributed by atoms with Crippen molar-refractivity contribution in [3.05, 3.63) is 0 Å². The van der Waals surface area contributed by atoms with Gasteiger partial charge in [0.05, 0.1) is 13.6 Å². The minimum Gasteiger partial charge on any atom is -1.00 e. The van der Waals surface area contributed by atoms with Gasteiger partial charge in [-0.3, -0.25) is 0 Å². The maximum Gasteiger partial charge on any atom is 0.0753 e. The molecule has 0 radical (unpaired) electrons. The molecule has 2 heteroatoms. The Hall–Kier alpha value is 0.440. The second kappa shape index (κ2) is 13.1. The van der Waals surface area contributed by atoms with Gasteiger partial charge in [-0.1, -0.05) is 32.6 Å². The summed E-state index contributed by atoms with van der Waals surface area (Å²) in [6.07, 6.45) is 8.52. The van der Waals surface area contributed by atoms with Gasteiger partial charge in [0, 0.05) is 0 Å². The fraction of sp³-hybridized carbons (Fsp3) is 1.00. The molecule has 0 rings (SSSR count). The van der Waals surface area contributed by atoms with Crippen LogP contribution in [0.4, 0.5) is 0 Å². The van der Waals surface area contributed by atoms with Crippen LogP contribution in [0.15, 0.2) is 0 Å². The van der Waals surface area contributed by atoms with Gasteiger partial charge in [-0.2, -0.15) is 0 Å². The lowest BCUT2D eigenvalue weighted by Crippen LogP contribution is -3.00. The number of rotatable bonds is 7. The van der Waals surface area contributed by atoms with Crippen molar-refractivity contribution in [2.75, 3.05) is 13.6 Å². The summed E-state index contributed by atoms with van der Waals surface area (Å²) in [7, 11) is 2.14. The number of hydrogen-bond donors (Lipinski definition) is 1. The van der Waals surface area contributed by atoms with Crippen LogP contribution >= 0.6 is 0 Å². The van der Waals surface area contributed by atoms with Crippen LogP contribution in [0.1, 0.15) is 45.4 Å². The van der Waals surface area contributed by atoms with Crippen molar-refractivity contribution in [2.24, 2.45) is 0 Å². The Morgan fingerprint density at radius 3 is 2.00 bits per heavy atom. The van der Waals surface area contributed by atoms with E-state index in [4.69, 9.17) is 0 Å². The van der Waals surface area contributed by atoms with Crippen molar-refractivity contribution in [1.82, 2.24) is 0 Å². The first-order valence-electron chi connectivity index (χ1n) is 4.69. The Morgan fingerprint density at radius 2 is 1.45 bits per heavy atom. The van der Waals surface area contributed by atoms with Crippen molar-refractivity contribution >= 4 is 0 Å². The maximum absolute atomic E-state index is 2.26. The molecule has 0 aromatic heterocycles. The highest BCUT2D eigenvalue weighted by Gasteiger charge is 1.88. The van der Waals surface area contributed by atoms with Crippen molar-refractivity contribution in [3.63, 3.8) is 0 Å². The predicted molar refractivity (Wildman–Crippen MR) is 46.1 cm³/mol. The number of nitrogens with two attached hydrogens (primary N) is 1. The molecular formula is C9H22BrN. The molecule has 0 fully saturated rings. The van der Waals surface area contributed by atoms with E-state index in [9.17, 15) is 0 Å². The fourth-order valence-electron chi connectivity index (χ4n) is 1.13. The lowest BCUT2D eigenvalue weighted by Gasteiger charge is -1.97. The van der Waals surface area contributed by atoms with E-state index < -0.39 is 0 Å². The van der Waals surface area contributed by atoms with Gasteiger partial charge in [0.15, 0.2) is 0 Å². The third-order valence-electron chi connectivity index (χ3n) is 1.85. The summed E-state index contributed by atoms with van der Waals surface area (Å²) in [5.41, 5.74) is 0. The second-order valence-corrected chi connectivity index (χ2v) is 2.96. The third-order valence-corrected chi connectivity index (χ3v) is 1.85. The zero-order valence-electron chi connectivity index (χ0n) is 7.91. The molecule has 0 aliphatic rings. The lowest BCUT2D eigenvalue weighted by atomic mass is 10.1. The SMILES string of the molecule is CCCCCCCC[NH2+]C.[Br-]. The Bertz CT molecular complexity index is 49.5. The average molecular weight is 224 g/mol. The summed E-state index contributed by atoms with van der Waals surface area (Å²) in [5, 5.41) is 2.26. The van der Waals surface area contributed by atoms with Crippen LogP contribution in [0.2, 0.25) is 0 Å². The molecule has 70 valence electrons. The zero-order chi connectivity index (χ0) is 7.66. The highest BCUT2D eigenvalue weighted by atomic mass is 79.9. The third kappa shape index (κ3) is 13.4. The fourth-order valence-corrected chi connectivity index (χ4v) is 1.13. The van der Waals surface area contributed by atoms with Gasteiger partial charge in [0.25, 0.3) is 0 Å². The van der Waals surface area contributed by atoms with Gasteiger partial charge in [0.1, 0.15) is 0 Å². The van der Waals surface area contributed by atoms with E-state index in [0.717, 1.165) is 0 Å².